The molecule has 2 aromatic heterocycles. The zero-order valence-electron chi connectivity index (χ0n) is 46.4. The summed E-state index contributed by atoms with van der Waals surface area (Å²) in [6.07, 6.45) is 5.03. The SMILES string of the molecule is CO[C@H]1C=CO[C@@]2(C)Oc3c(C)c(O)c4c(O)c(c(C=NN(C)C5CCN(c6nc7c(cc6F)c(=O)c(C(=O)O)cn7-c6ccc(F)cc6F)C5)c(O)c4c3C2=O)NC(=O)C(C)=CC=C[C@H](C)[C@H](O)[C@@H](C)[C@@H](O)[C@@H](C)[C@H](OC(C)=O)[C@@H]1C. The minimum atomic E-state index is -2.19. The van der Waals surface area contributed by atoms with Gasteiger partial charge in [0.25, 0.3) is 11.7 Å². The normalized spacial score (nSPS) is 25.4. The standard InChI is InChI=1S/C58H63F3N6O15/c1-25-12-11-13-26(2)56(76)63-44-35(22-62-65(9)33-16-18-66(23-33)55-38(61)21-34-48(72)36(57(77)78)24-67(54(34)64-55)39-15-14-32(59)20-37(39)60)49(73)41-42(50(44)74)47(71)30(6)52-43(41)53(75)58(8,82-52)80-19-17-40(79-10)27(3)51(81-31(7)68)29(5)46(70)28(4)45(25)69/h11-15,17,19-22,24-25,27-29,33,40,45-46,51,69-71,73-74H,16,18,23H2,1-10H3,(H,63,76)(H,77,78)/t25-,27+,28+,29+,33?,40-,45-,46+,51+,58-/m0/s1. The molecular weight excluding hydrogens is 1080 g/mol. The Hall–Kier alpha value is -8.48. The maximum absolute atomic E-state index is 16.1. The highest BCUT2D eigenvalue weighted by Gasteiger charge is 2.50. The Bertz CT molecular complexity index is 3620. The van der Waals surface area contributed by atoms with Gasteiger partial charge in [-0.15, -0.1) is 0 Å². The van der Waals surface area contributed by atoms with Gasteiger partial charge in [-0.1, -0.05) is 45.9 Å². The number of carbonyl (C=O) groups excluding carboxylic acids is 3. The van der Waals surface area contributed by atoms with Crippen LogP contribution in [0.1, 0.15) is 86.7 Å². The molecule has 7 N–H and O–H groups in total. The number of carboxylic acid groups (broad SMARTS) is 1. The van der Waals surface area contributed by atoms with Crippen LogP contribution in [0.3, 0.4) is 0 Å². The predicted molar refractivity (Wildman–Crippen MR) is 294 cm³/mol. The van der Waals surface area contributed by atoms with Crippen LogP contribution in [0.4, 0.5) is 24.7 Å². The quantitative estimate of drug-likeness (QED) is 0.0268. The first-order chi connectivity index (χ1) is 38.6. The number of aliphatic hydroxyl groups is 2. The molecule has 6 heterocycles. The summed E-state index contributed by atoms with van der Waals surface area (Å²) in [5.74, 6) is -14.9. The molecule has 3 aromatic carbocycles. The summed E-state index contributed by atoms with van der Waals surface area (Å²) in [6.45, 7) is 12.2. The molecule has 1 fully saturated rings. The summed E-state index contributed by atoms with van der Waals surface area (Å²) in [5, 5.41) is 76.6. The van der Waals surface area contributed by atoms with Crippen LogP contribution < -0.4 is 20.4 Å². The monoisotopic (exact) mass is 1140 g/mol. The number of rotatable bonds is 8. The number of aromatic nitrogens is 2. The Morgan fingerprint density at radius 2 is 1.66 bits per heavy atom. The number of phenols is 3. The number of anilines is 2. The van der Waals surface area contributed by atoms with Crippen molar-refractivity contribution in [2.75, 3.05) is 37.5 Å². The number of allylic oxidation sites excluding steroid dienone is 2. The summed E-state index contributed by atoms with van der Waals surface area (Å²) in [4.78, 5) is 72.6. The third-order valence-corrected chi connectivity index (χ3v) is 15.7. The lowest BCUT2D eigenvalue weighted by Crippen LogP contribution is -2.46. The third-order valence-electron chi connectivity index (χ3n) is 15.7. The number of aliphatic hydroxyl groups excluding tert-OH is 2. The fraction of sp³-hybridized carbons (Fsp3) is 0.397. The molecule has 436 valence electrons. The van der Waals surface area contributed by atoms with Crippen molar-refractivity contribution >= 4 is 63.2 Å². The highest BCUT2D eigenvalue weighted by molar-refractivity contribution is 6.24. The molecule has 1 amide bonds. The van der Waals surface area contributed by atoms with E-state index in [0.717, 1.165) is 41.4 Å². The first-order valence-electron chi connectivity index (χ1n) is 26.2. The predicted octanol–water partition coefficient (Wildman–Crippen LogP) is 7.11. The Kier molecular flexibility index (Phi) is 16.9. The van der Waals surface area contributed by atoms with E-state index >= 15 is 8.78 Å². The second kappa shape index (κ2) is 23.2. The number of Topliss-reactive ketones (excluding diaryl/α,β-unsaturated/α-hetero) is 1. The van der Waals surface area contributed by atoms with Gasteiger partial charge in [0.15, 0.2) is 23.0 Å². The third kappa shape index (κ3) is 10.9. The highest BCUT2D eigenvalue weighted by atomic mass is 19.1. The molecule has 0 radical (unpaired) electrons. The number of methoxy groups -OCH3 is 1. The van der Waals surface area contributed by atoms with Crippen LogP contribution in [-0.4, -0.2) is 139 Å². The molecule has 21 nitrogen and oxygen atoms in total. The average Bonchev–Trinajstić information content (AvgIpc) is 2.04. The number of carboxylic acids is 1. The number of aromatic carboxylic acids is 1. The maximum atomic E-state index is 16.1. The van der Waals surface area contributed by atoms with Crippen molar-refractivity contribution in [2.24, 2.45) is 28.8 Å². The lowest BCUT2D eigenvalue weighted by atomic mass is 9.78. The number of ketones is 1. The number of hydrogen-bond donors (Lipinski definition) is 7. The number of likely N-dealkylation sites (N-methyl/N-ethyl adjacent to an activating group) is 1. The largest absolute Gasteiger partial charge is 0.507 e. The fourth-order valence-electron chi connectivity index (χ4n) is 10.8. The molecule has 1 saturated heterocycles. The van der Waals surface area contributed by atoms with Gasteiger partial charge in [0.2, 0.25) is 5.43 Å². The van der Waals surface area contributed by atoms with Crippen molar-refractivity contribution in [1.82, 2.24) is 14.6 Å². The van der Waals surface area contributed by atoms with Gasteiger partial charge in [-0.05, 0) is 44.5 Å². The molecule has 0 aliphatic carbocycles. The van der Waals surface area contributed by atoms with Crippen LogP contribution in [0.5, 0.6) is 23.0 Å². The van der Waals surface area contributed by atoms with Crippen LogP contribution in [-0.2, 0) is 23.8 Å². The number of carbonyl (C=O) groups is 4. The van der Waals surface area contributed by atoms with Crippen molar-refractivity contribution in [3.63, 3.8) is 0 Å². The van der Waals surface area contributed by atoms with Crippen LogP contribution in [0.15, 0.2) is 76.5 Å². The number of fused-ring (bicyclic) bond motifs is 15. The van der Waals surface area contributed by atoms with Gasteiger partial charge in [0.05, 0.1) is 70.1 Å². The number of ether oxygens (including phenoxy) is 4. The molecule has 5 aromatic rings. The average molecular weight is 1140 g/mol. The number of esters is 1. The Balaban J connectivity index is 1.20. The van der Waals surface area contributed by atoms with Crippen molar-refractivity contribution in [3.05, 3.63) is 117 Å². The summed E-state index contributed by atoms with van der Waals surface area (Å²) < 4.78 is 70.0. The second-order valence-electron chi connectivity index (χ2n) is 21.1. The van der Waals surface area contributed by atoms with E-state index in [1.165, 1.54) is 70.0 Å². The number of pyridine rings is 2. The smallest absolute Gasteiger partial charge is 0.341 e. The van der Waals surface area contributed by atoms with E-state index < -0.39 is 151 Å². The molecule has 5 bridgehead atoms. The Morgan fingerprint density at radius 1 is 0.951 bits per heavy atom. The number of hydrogen-bond acceptors (Lipinski definition) is 18. The topological polar surface area (TPSA) is 292 Å². The zero-order valence-corrected chi connectivity index (χ0v) is 46.4. The molecule has 0 saturated carbocycles. The molecule has 0 spiro atoms. The number of amides is 1. The van der Waals surface area contributed by atoms with E-state index in [0.29, 0.717) is 6.07 Å². The molecule has 10 atom stereocenters. The van der Waals surface area contributed by atoms with E-state index in [-0.39, 0.29) is 64.7 Å². The first-order valence-corrected chi connectivity index (χ1v) is 26.2. The van der Waals surface area contributed by atoms with E-state index in [1.54, 1.807) is 33.8 Å². The summed E-state index contributed by atoms with van der Waals surface area (Å²) in [6, 6.07) is 2.67. The number of aromatic hydroxyl groups is 3. The zero-order chi connectivity index (χ0) is 60.1. The highest BCUT2D eigenvalue weighted by Crippen LogP contribution is 2.55. The van der Waals surface area contributed by atoms with Crippen molar-refractivity contribution in [3.8, 4) is 28.7 Å². The van der Waals surface area contributed by atoms with Crippen molar-refractivity contribution in [1.29, 1.82) is 0 Å². The van der Waals surface area contributed by atoms with E-state index in [4.69, 9.17) is 18.9 Å². The lowest BCUT2D eigenvalue weighted by Gasteiger charge is -2.38. The molecule has 4 aliphatic rings. The van der Waals surface area contributed by atoms with Crippen LogP contribution in [0.2, 0.25) is 0 Å². The molecule has 82 heavy (non-hydrogen) atoms. The summed E-state index contributed by atoms with van der Waals surface area (Å²) >= 11 is 0. The van der Waals surface area contributed by atoms with Gasteiger partial charge in [-0.3, -0.25) is 28.8 Å². The summed E-state index contributed by atoms with van der Waals surface area (Å²) in [7, 11) is 2.92. The maximum Gasteiger partial charge on any atom is 0.341 e. The van der Waals surface area contributed by atoms with Gasteiger partial charge in [-0.2, -0.15) is 5.10 Å². The van der Waals surface area contributed by atoms with E-state index in [2.05, 4.69) is 15.4 Å². The van der Waals surface area contributed by atoms with Crippen LogP contribution in [0, 0.1) is 48.0 Å². The Labute approximate surface area is 467 Å². The molecule has 4 aliphatic heterocycles. The lowest BCUT2D eigenvalue weighted by molar-refractivity contribution is -0.160. The first kappa shape index (κ1) is 59.6. The van der Waals surface area contributed by atoms with Crippen LogP contribution >= 0.6 is 0 Å². The number of phenolic OH excluding ortho intramolecular Hbond substituents is 3. The fourth-order valence-corrected chi connectivity index (χ4v) is 10.8. The van der Waals surface area contributed by atoms with Crippen molar-refractivity contribution < 1.29 is 81.9 Å². The number of halogens is 3. The minimum absolute atomic E-state index is 0.00767. The van der Waals surface area contributed by atoms with Gasteiger partial charge in [0, 0.05) is 93.6 Å². The number of nitrogens with one attached hydrogen (secondary N) is 1. The van der Waals surface area contributed by atoms with Crippen LogP contribution in [0.25, 0.3) is 27.5 Å². The van der Waals surface area contributed by atoms with E-state index in [1.807, 2.05) is 0 Å². The van der Waals surface area contributed by atoms with Crippen molar-refractivity contribution in [2.45, 2.75) is 98.1 Å². The molecule has 9 rings (SSSR count). The number of benzene rings is 3. The number of nitrogens with zero attached hydrogens (tertiary/aromatic N) is 5. The van der Waals surface area contributed by atoms with Gasteiger partial charge in [0.1, 0.15) is 40.6 Å². The molecule has 1 unspecified atom stereocenters. The second-order valence-corrected chi connectivity index (χ2v) is 21.1. The van der Waals surface area contributed by atoms with Gasteiger partial charge >= 0.3 is 17.7 Å². The number of hydrazone groups is 1. The van der Waals surface area contributed by atoms with Gasteiger partial charge in [-0.25, -0.2) is 22.9 Å². The minimum Gasteiger partial charge on any atom is -0.507 e. The van der Waals surface area contributed by atoms with E-state index in [9.17, 15) is 59.0 Å². The molecule has 24 heteroatoms. The molecular formula is C58H63F3N6O15. The Morgan fingerprint density at radius 3 is 2.32 bits per heavy atom. The summed E-state index contributed by atoms with van der Waals surface area (Å²) in [5.41, 5.74) is -3.79. The van der Waals surface area contributed by atoms with Gasteiger partial charge < -0.3 is 59.8 Å².